The largest absolute Gasteiger partial charge is 0.302 e. The molecule has 0 aromatic carbocycles. The highest BCUT2D eigenvalue weighted by atomic mass is 32.1. The highest BCUT2D eigenvalue weighted by Crippen LogP contribution is 2.12. The standard InChI is InChI=1S/C15H18N4S3/c1(13-7-16-10-20-13)4-19(5-2-14-8-17-11-21-14)6-3-15-9-18-12-22-15/h7-12H,1-6H2. The van der Waals surface area contributed by atoms with Crippen LogP contribution < -0.4 is 0 Å². The number of aromatic nitrogens is 3. The summed E-state index contributed by atoms with van der Waals surface area (Å²) in [6.45, 7) is 3.25. The Morgan fingerprint density at radius 2 is 1.00 bits per heavy atom. The van der Waals surface area contributed by atoms with Gasteiger partial charge in [-0.2, -0.15) is 0 Å². The summed E-state index contributed by atoms with van der Waals surface area (Å²) in [7, 11) is 0. The van der Waals surface area contributed by atoms with E-state index in [4.69, 9.17) is 0 Å². The van der Waals surface area contributed by atoms with Crippen LogP contribution in [-0.2, 0) is 19.3 Å². The van der Waals surface area contributed by atoms with Crippen LogP contribution in [0.15, 0.2) is 35.1 Å². The van der Waals surface area contributed by atoms with Gasteiger partial charge >= 0.3 is 0 Å². The van der Waals surface area contributed by atoms with E-state index in [0.717, 1.165) is 38.9 Å². The fraction of sp³-hybridized carbons (Fsp3) is 0.400. The third-order valence-corrected chi connectivity index (χ3v) is 5.99. The summed E-state index contributed by atoms with van der Waals surface area (Å²) < 4.78 is 0. The lowest BCUT2D eigenvalue weighted by atomic mass is 10.2. The van der Waals surface area contributed by atoms with E-state index in [1.54, 1.807) is 34.0 Å². The van der Waals surface area contributed by atoms with Gasteiger partial charge < -0.3 is 4.90 Å². The number of rotatable bonds is 9. The van der Waals surface area contributed by atoms with Crippen molar-refractivity contribution >= 4 is 34.0 Å². The van der Waals surface area contributed by atoms with Crippen molar-refractivity contribution in [3.8, 4) is 0 Å². The molecule has 0 amide bonds. The quantitative estimate of drug-likeness (QED) is 0.593. The van der Waals surface area contributed by atoms with Gasteiger partial charge in [-0.1, -0.05) is 0 Å². The van der Waals surface area contributed by atoms with Crippen molar-refractivity contribution in [3.05, 3.63) is 49.8 Å². The van der Waals surface area contributed by atoms with Crippen molar-refractivity contribution in [3.63, 3.8) is 0 Å². The van der Waals surface area contributed by atoms with Crippen molar-refractivity contribution in [2.45, 2.75) is 19.3 Å². The van der Waals surface area contributed by atoms with Crippen LogP contribution in [0.3, 0.4) is 0 Å². The Morgan fingerprint density at radius 3 is 1.27 bits per heavy atom. The Morgan fingerprint density at radius 1 is 0.636 bits per heavy atom. The smallest absolute Gasteiger partial charge is 0.0794 e. The number of hydrogen-bond donors (Lipinski definition) is 0. The zero-order valence-corrected chi connectivity index (χ0v) is 14.7. The maximum atomic E-state index is 4.16. The fourth-order valence-corrected chi connectivity index (χ4v) is 4.00. The Balaban J connectivity index is 1.51. The highest BCUT2D eigenvalue weighted by Gasteiger charge is 2.08. The molecular weight excluding hydrogens is 332 g/mol. The van der Waals surface area contributed by atoms with Gasteiger partial charge in [-0.3, -0.25) is 15.0 Å². The second-order valence-electron chi connectivity index (χ2n) is 4.99. The van der Waals surface area contributed by atoms with E-state index in [0.29, 0.717) is 0 Å². The number of thiazole rings is 3. The molecule has 0 atom stereocenters. The van der Waals surface area contributed by atoms with E-state index in [-0.39, 0.29) is 0 Å². The first-order chi connectivity index (χ1) is 10.9. The number of nitrogens with zero attached hydrogens (tertiary/aromatic N) is 4. The molecule has 0 aliphatic carbocycles. The molecule has 0 bridgehead atoms. The van der Waals surface area contributed by atoms with Crippen LogP contribution in [0.2, 0.25) is 0 Å². The van der Waals surface area contributed by atoms with Crippen LogP contribution in [0, 0.1) is 0 Å². The van der Waals surface area contributed by atoms with Crippen LogP contribution in [0.5, 0.6) is 0 Å². The van der Waals surface area contributed by atoms with E-state index in [1.807, 2.05) is 35.1 Å². The molecule has 0 unspecified atom stereocenters. The topological polar surface area (TPSA) is 41.9 Å². The monoisotopic (exact) mass is 350 g/mol. The lowest BCUT2D eigenvalue weighted by Crippen LogP contribution is -2.30. The fourth-order valence-electron chi connectivity index (χ4n) is 2.24. The third kappa shape index (κ3) is 4.95. The first-order valence-electron chi connectivity index (χ1n) is 7.24. The molecule has 3 aromatic heterocycles. The summed E-state index contributed by atoms with van der Waals surface area (Å²) in [5.74, 6) is 0. The normalized spacial score (nSPS) is 11.3. The first-order valence-corrected chi connectivity index (χ1v) is 9.88. The lowest BCUT2D eigenvalue weighted by Gasteiger charge is -2.21. The second kappa shape index (κ2) is 8.47. The molecule has 0 N–H and O–H groups in total. The second-order valence-corrected chi connectivity index (χ2v) is 7.91. The molecule has 0 aliphatic rings. The van der Waals surface area contributed by atoms with E-state index in [2.05, 4.69) is 19.9 Å². The average molecular weight is 351 g/mol. The maximum absolute atomic E-state index is 4.16. The molecule has 4 nitrogen and oxygen atoms in total. The molecule has 116 valence electrons. The summed E-state index contributed by atoms with van der Waals surface area (Å²) >= 11 is 5.23. The first kappa shape index (κ1) is 15.7. The molecule has 0 saturated heterocycles. The van der Waals surface area contributed by atoms with Crippen molar-refractivity contribution in [1.29, 1.82) is 0 Å². The van der Waals surface area contributed by atoms with Gasteiger partial charge in [0.2, 0.25) is 0 Å². The Hall–Kier alpha value is -1.15. The molecule has 3 aromatic rings. The van der Waals surface area contributed by atoms with Gasteiger partial charge in [-0.15, -0.1) is 34.0 Å². The highest BCUT2D eigenvalue weighted by molar-refractivity contribution is 7.10. The van der Waals surface area contributed by atoms with Gasteiger partial charge in [0, 0.05) is 52.9 Å². The van der Waals surface area contributed by atoms with Crippen LogP contribution in [-0.4, -0.2) is 39.5 Å². The molecule has 22 heavy (non-hydrogen) atoms. The molecule has 0 radical (unpaired) electrons. The summed E-state index contributed by atoms with van der Waals surface area (Å²) in [6, 6.07) is 0. The summed E-state index contributed by atoms with van der Waals surface area (Å²) in [4.78, 5) is 19.1. The molecule has 3 heterocycles. The van der Waals surface area contributed by atoms with Crippen molar-refractivity contribution in [2.75, 3.05) is 19.6 Å². The summed E-state index contributed by atoms with van der Waals surface area (Å²) in [6.07, 6.45) is 9.18. The van der Waals surface area contributed by atoms with Crippen molar-refractivity contribution in [1.82, 2.24) is 19.9 Å². The molecular formula is C15H18N4S3. The lowest BCUT2D eigenvalue weighted by molar-refractivity contribution is 0.285. The van der Waals surface area contributed by atoms with E-state index >= 15 is 0 Å². The summed E-state index contributed by atoms with van der Waals surface area (Å²) in [5, 5.41) is 0. The SMILES string of the molecule is c1ncc(CCN(CCc2cncs2)CCc2cncs2)s1. The van der Waals surface area contributed by atoms with Gasteiger partial charge in [0.15, 0.2) is 0 Å². The summed E-state index contributed by atoms with van der Waals surface area (Å²) in [5.41, 5.74) is 5.73. The van der Waals surface area contributed by atoms with E-state index in [1.165, 1.54) is 14.6 Å². The van der Waals surface area contributed by atoms with Crippen LogP contribution in [0.25, 0.3) is 0 Å². The van der Waals surface area contributed by atoms with Crippen LogP contribution in [0.1, 0.15) is 14.6 Å². The van der Waals surface area contributed by atoms with Gasteiger partial charge in [0.25, 0.3) is 0 Å². The average Bonchev–Trinajstić information content (AvgIpc) is 3.29. The molecule has 0 aliphatic heterocycles. The Labute approximate surface area is 142 Å². The molecule has 7 heteroatoms. The van der Waals surface area contributed by atoms with E-state index in [9.17, 15) is 0 Å². The van der Waals surface area contributed by atoms with Crippen molar-refractivity contribution in [2.24, 2.45) is 0 Å². The predicted molar refractivity (Wildman–Crippen MR) is 93.9 cm³/mol. The molecule has 0 spiro atoms. The van der Waals surface area contributed by atoms with Crippen molar-refractivity contribution < 1.29 is 0 Å². The third-order valence-electron chi connectivity index (χ3n) is 3.47. The molecule has 3 rings (SSSR count). The maximum Gasteiger partial charge on any atom is 0.0794 e. The van der Waals surface area contributed by atoms with Gasteiger partial charge in [0.05, 0.1) is 16.5 Å². The Kier molecular flexibility index (Phi) is 6.06. The van der Waals surface area contributed by atoms with Gasteiger partial charge in [-0.25, -0.2) is 0 Å². The zero-order valence-electron chi connectivity index (χ0n) is 12.2. The zero-order chi connectivity index (χ0) is 15.0. The Bertz CT molecular complexity index is 529. The molecule has 0 saturated carbocycles. The van der Waals surface area contributed by atoms with E-state index < -0.39 is 0 Å². The predicted octanol–water partition coefficient (Wildman–Crippen LogP) is 3.39. The van der Waals surface area contributed by atoms with Crippen LogP contribution >= 0.6 is 34.0 Å². The minimum atomic E-state index is 1.08. The minimum absolute atomic E-state index is 1.08. The van der Waals surface area contributed by atoms with Gasteiger partial charge in [0.1, 0.15) is 0 Å². The van der Waals surface area contributed by atoms with Crippen LogP contribution in [0.4, 0.5) is 0 Å². The van der Waals surface area contributed by atoms with Gasteiger partial charge in [-0.05, 0) is 19.3 Å². The molecule has 0 fully saturated rings. The minimum Gasteiger partial charge on any atom is -0.302 e. The number of hydrogen-bond acceptors (Lipinski definition) is 7.